The number of rotatable bonds is 3. The molecule has 0 radical (unpaired) electrons. The number of amides is 1. The third-order valence-corrected chi connectivity index (χ3v) is 4.69. The van der Waals surface area contributed by atoms with Crippen molar-refractivity contribution < 1.29 is 9.53 Å². The van der Waals surface area contributed by atoms with Gasteiger partial charge in [-0.1, -0.05) is 6.08 Å². The number of ether oxygens (including phenoxy) is 1. The molecule has 124 valence electrons. The molecule has 0 bridgehead atoms. The van der Waals surface area contributed by atoms with Gasteiger partial charge < -0.3 is 10.1 Å². The zero-order valence-corrected chi connectivity index (χ0v) is 14.0. The molecule has 0 fully saturated rings. The van der Waals surface area contributed by atoms with E-state index in [4.69, 9.17) is 4.74 Å². The van der Waals surface area contributed by atoms with Gasteiger partial charge in [0, 0.05) is 29.9 Å². The van der Waals surface area contributed by atoms with Crippen molar-refractivity contribution in [2.24, 2.45) is 0 Å². The minimum absolute atomic E-state index is 0.0105. The summed E-state index contributed by atoms with van der Waals surface area (Å²) in [5.41, 5.74) is 6.37. The van der Waals surface area contributed by atoms with E-state index in [2.05, 4.69) is 36.4 Å². The summed E-state index contributed by atoms with van der Waals surface area (Å²) < 4.78 is 7.43. The maximum absolute atomic E-state index is 12.3. The smallest absolute Gasteiger partial charge is 0.251 e. The first-order valence-electron chi connectivity index (χ1n) is 8.41. The molecule has 0 atom stereocenters. The molecule has 0 saturated carbocycles. The maximum Gasteiger partial charge on any atom is 0.251 e. The van der Waals surface area contributed by atoms with E-state index in [1.807, 2.05) is 23.0 Å². The van der Waals surface area contributed by atoms with Gasteiger partial charge in [-0.3, -0.25) is 9.48 Å². The lowest BCUT2D eigenvalue weighted by Crippen LogP contribution is -2.12. The molecule has 4 rings (SSSR count). The lowest BCUT2D eigenvalue weighted by Gasteiger charge is -2.18. The van der Waals surface area contributed by atoms with Crippen molar-refractivity contribution in [3.8, 4) is 11.3 Å². The first kappa shape index (κ1) is 15.1. The summed E-state index contributed by atoms with van der Waals surface area (Å²) >= 11 is 0. The molecule has 0 spiro atoms. The van der Waals surface area contributed by atoms with Crippen LogP contribution >= 0.6 is 0 Å². The third-order valence-electron chi connectivity index (χ3n) is 4.69. The van der Waals surface area contributed by atoms with Crippen LogP contribution < -0.4 is 5.32 Å². The van der Waals surface area contributed by atoms with E-state index >= 15 is 0 Å². The normalized spacial score (nSPS) is 17.0. The van der Waals surface area contributed by atoms with Crippen LogP contribution in [0.3, 0.4) is 0 Å². The number of fused-ring (bicyclic) bond motifs is 1. The summed E-state index contributed by atoms with van der Waals surface area (Å²) in [7, 11) is 0. The molecule has 2 aliphatic heterocycles. The lowest BCUT2D eigenvalue weighted by molar-refractivity contribution is 0.0965. The van der Waals surface area contributed by atoms with Crippen LogP contribution in [0.4, 0.5) is 0 Å². The number of hydrogen-bond acceptors (Lipinski definition) is 3. The largest absolute Gasteiger partial charge is 0.377 e. The predicted molar refractivity (Wildman–Crippen MR) is 92.6 cm³/mol. The van der Waals surface area contributed by atoms with E-state index in [9.17, 15) is 4.79 Å². The van der Waals surface area contributed by atoms with Crippen LogP contribution in [0.1, 0.15) is 47.8 Å². The summed E-state index contributed by atoms with van der Waals surface area (Å²) in [5, 5.41) is 7.41. The number of carbonyl (C=O) groups is 1. The third kappa shape index (κ3) is 2.45. The second-order valence-electron chi connectivity index (χ2n) is 6.54. The second kappa shape index (κ2) is 5.91. The zero-order chi connectivity index (χ0) is 16.7. The highest BCUT2D eigenvalue weighted by Gasteiger charge is 2.26. The van der Waals surface area contributed by atoms with E-state index in [0.717, 1.165) is 41.0 Å². The molecule has 1 aromatic heterocycles. The lowest BCUT2D eigenvalue weighted by atomic mass is 9.92. The molecule has 0 saturated heterocycles. The first-order chi connectivity index (χ1) is 11.6. The van der Waals surface area contributed by atoms with Crippen molar-refractivity contribution in [3.63, 3.8) is 0 Å². The van der Waals surface area contributed by atoms with E-state index < -0.39 is 0 Å². The van der Waals surface area contributed by atoms with Crippen LogP contribution in [0, 0.1) is 0 Å². The highest BCUT2D eigenvalue weighted by molar-refractivity contribution is 6.01. The fraction of sp³-hybridized carbons (Fsp3) is 0.368. The molecule has 2 aliphatic rings. The van der Waals surface area contributed by atoms with Crippen LogP contribution in [0.25, 0.3) is 16.8 Å². The van der Waals surface area contributed by atoms with Crippen molar-refractivity contribution in [2.45, 2.75) is 32.9 Å². The Morgan fingerprint density at radius 1 is 1.29 bits per heavy atom. The Hall–Kier alpha value is -2.40. The van der Waals surface area contributed by atoms with E-state index in [0.29, 0.717) is 13.2 Å². The van der Waals surface area contributed by atoms with Gasteiger partial charge in [-0.25, -0.2) is 0 Å². The van der Waals surface area contributed by atoms with Gasteiger partial charge in [0.05, 0.1) is 18.9 Å². The Bertz CT molecular complexity index is 833. The van der Waals surface area contributed by atoms with Crippen molar-refractivity contribution in [3.05, 3.63) is 47.2 Å². The number of nitrogens with zero attached hydrogens (tertiary/aromatic N) is 2. The summed E-state index contributed by atoms with van der Waals surface area (Å²) in [4.78, 5) is 12.3. The van der Waals surface area contributed by atoms with E-state index in [1.54, 1.807) is 0 Å². The van der Waals surface area contributed by atoms with Crippen molar-refractivity contribution in [1.29, 1.82) is 0 Å². The van der Waals surface area contributed by atoms with Gasteiger partial charge in [0.2, 0.25) is 0 Å². The Labute approximate surface area is 141 Å². The average Bonchev–Trinajstić information content (AvgIpc) is 3.22. The molecule has 24 heavy (non-hydrogen) atoms. The van der Waals surface area contributed by atoms with Gasteiger partial charge in [-0.2, -0.15) is 5.10 Å². The number of carbonyl (C=O) groups excluding carboxylic acids is 1. The molecule has 1 amide bonds. The molecule has 0 unspecified atom stereocenters. The highest BCUT2D eigenvalue weighted by atomic mass is 16.5. The Morgan fingerprint density at radius 3 is 2.88 bits per heavy atom. The summed E-state index contributed by atoms with van der Waals surface area (Å²) in [6, 6.07) is 6.52. The number of hydrogen-bond donors (Lipinski definition) is 1. The molecule has 5 nitrogen and oxygen atoms in total. The summed E-state index contributed by atoms with van der Waals surface area (Å²) in [6.45, 7) is 6.18. The minimum Gasteiger partial charge on any atom is -0.377 e. The Kier molecular flexibility index (Phi) is 3.73. The van der Waals surface area contributed by atoms with E-state index in [-0.39, 0.29) is 11.9 Å². The fourth-order valence-electron chi connectivity index (χ4n) is 3.47. The molecule has 1 aromatic carbocycles. The zero-order valence-electron chi connectivity index (χ0n) is 14.0. The Morgan fingerprint density at radius 2 is 2.12 bits per heavy atom. The van der Waals surface area contributed by atoms with Gasteiger partial charge >= 0.3 is 0 Å². The fourth-order valence-corrected chi connectivity index (χ4v) is 3.47. The standard InChI is InChI=1S/C19H21N3O2/c1-12(2)22-18(3-6-21-22)15-9-14(13-4-7-24-8-5-13)10-16-17(15)11-20-19(16)23/h3-4,6,9-10,12H,5,7-8,11H2,1-2H3,(H,20,23). The minimum atomic E-state index is 0.0105. The monoisotopic (exact) mass is 323 g/mol. The van der Waals surface area contributed by atoms with Crippen LogP contribution in [-0.4, -0.2) is 28.9 Å². The molecule has 3 heterocycles. The molecule has 5 heteroatoms. The number of benzene rings is 1. The van der Waals surface area contributed by atoms with Gasteiger partial charge in [-0.05, 0) is 55.2 Å². The first-order valence-corrected chi connectivity index (χ1v) is 8.41. The molecule has 0 aliphatic carbocycles. The SMILES string of the molecule is CC(C)n1nccc1-c1cc(C2=CCOCC2)cc2c1CNC2=O. The predicted octanol–water partition coefficient (Wildman–Crippen LogP) is 3.18. The van der Waals surface area contributed by atoms with Crippen molar-refractivity contribution in [1.82, 2.24) is 15.1 Å². The maximum atomic E-state index is 12.3. The molecular formula is C19H21N3O2. The average molecular weight is 323 g/mol. The number of aromatic nitrogens is 2. The number of nitrogens with one attached hydrogen (secondary N) is 1. The second-order valence-corrected chi connectivity index (χ2v) is 6.54. The Balaban J connectivity index is 1.91. The molecule has 2 aromatic rings. The topological polar surface area (TPSA) is 56.1 Å². The van der Waals surface area contributed by atoms with Gasteiger partial charge in [0.25, 0.3) is 5.91 Å². The van der Waals surface area contributed by atoms with Crippen molar-refractivity contribution in [2.75, 3.05) is 13.2 Å². The van der Waals surface area contributed by atoms with Crippen molar-refractivity contribution >= 4 is 11.5 Å². The van der Waals surface area contributed by atoms with Crippen LogP contribution in [0.5, 0.6) is 0 Å². The van der Waals surface area contributed by atoms with E-state index in [1.165, 1.54) is 5.57 Å². The van der Waals surface area contributed by atoms with Gasteiger partial charge in [0.1, 0.15) is 0 Å². The van der Waals surface area contributed by atoms with Crippen LogP contribution in [0.15, 0.2) is 30.5 Å². The summed E-state index contributed by atoms with van der Waals surface area (Å²) in [5.74, 6) is 0.0105. The summed E-state index contributed by atoms with van der Waals surface area (Å²) in [6.07, 6.45) is 4.82. The van der Waals surface area contributed by atoms with Gasteiger partial charge in [0.15, 0.2) is 0 Å². The quantitative estimate of drug-likeness (QED) is 0.944. The van der Waals surface area contributed by atoms with Crippen LogP contribution in [0.2, 0.25) is 0 Å². The van der Waals surface area contributed by atoms with Gasteiger partial charge in [-0.15, -0.1) is 0 Å². The highest BCUT2D eigenvalue weighted by Crippen LogP contribution is 2.35. The molecule has 1 N–H and O–H groups in total. The van der Waals surface area contributed by atoms with Crippen LogP contribution in [-0.2, 0) is 11.3 Å². The molecular weight excluding hydrogens is 302 g/mol.